The van der Waals surface area contributed by atoms with Crippen LogP contribution in [0.15, 0.2) is 59.2 Å². The van der Waals surface area contributed by atoms with Gasteiger partial charge in [0.1, 0.15) is 0 Å². The van der Waals surface area contributed by atoms with Crippen molar-refractivity contribution in [1.29, 1.82) is 0 Å². The van der Waals surface area contributed by atoms with Gasteiger partial charge < -0.3 is 20.8 Å². The lowest BCUT2D eigenvalue weighted by molar-refractivity contribution is -0.133. The molecule has 0 spiro atoms. The number of hydrogen-bond donors (Lipinski definition) is 4. The summed E-state index contributed by atoms with van der Waals surface area (Å²) < 4.78 is 0. The maximum atomic E-state index is 10.8. The predicted molar refractivity (Wildman–Crippen MR) is 63.0 cm³/mol. The summed E-state index contributed by atoms with van der Waals surface area (Å²) in [6.07, 6.45) is 8.68. The third-order valence-corrected chi connectivity index (χ3v) is 2.39. The van der Waals surface area contributed by atoms with Crippen molar-refractivity contribution >= 4 is 11.9 Å². The van der Waals surface area contributed by atoms with Crippen LogP contribution in [0.5, 0.6) is 0 Å². The lowest BCUT2D eigenvalue weighted by Crippen LogP contribution is -2.20. The molecule has 2 heterocycles. The van der Waals surface area contributed by atoms with E-state index in [1.165, 1.54) is 36.7 Å². The van der Waals surface area contributed by atoms with Crippen molar-refractivity contribution in [3.63, 3.8) is 0 Å². The summed E-state index contributed by atoms with van der Waals surface area (Å²) in [6, 6.07) is 0. The molecule has 0 aliphatic carbocycles. The lowest BCUT2D eigenvalue weighted by Gasteiger charge is -2.16. The molecule has 0 aromatic rings. The molecule has 18 heavy (non-hydrogen) atoms. The van der Waals surface area contributed by atoms with Gasteiger partial charge in [0.25, 0.3) is 0 Å². The molecule has 4 N–H and O–H groups in total. The summed E-state index contributed by atoms with van der Waals surface area (Å²) in [5, 5.41) is 23.5. The zero-order valence-corrected chi connectivity index (χ0v) is 9.18. The fourth-order valence-corrected chi connectivity index (χ4v) is 1.51. The van der Waals surface area contributed by atoms with Gasteiger partial charge in [-0.3, -0.25) is 0 Å². The SMILES string of the molecule is O=C(O)C1=C/C(=C2/C=C(C(=O)O)C=CN2)NC=C1. The van der Waals surface area contributed by atoms with Crippen LogP contribution >= 0.6 is 0 Å². The second-order valence-corrected chi connectivity index (χ2v) is 3.59. The van der Waals surface area contributed by atoms with Gasteiger partial charge in [0, 0.05) is 12.4 Å². The van der Waals surface area contributed by atoms with E-state index in [0.717, 1.165) is 0 Å². The van der Waals surface area contributed by atoms with E-state index in [-0.39, 0.29) is 11.1 Å². The van der Waals surface area contributed by atoms with Gasteiger partial charge in [0.2, 0.25) is 0 Å². The lowest BCUT2D eigenvalue weighted by atomic mass is 10.1. The molecular weight excluding hydrogens is 236 g/mol. The van der Waals surface area contributed by atoms with Gasteiger partial charge in [-0.15, -0.1) is 0 Å². The average Bonchev–Trinajstić information content (AvgIpc) is 2.39. The summed E-state index contributed by atoms with van der Waals surface area (Å²) in [6.45, 7) is 0. The van der Waals surface area contributed by atoms with Crippen LogP contribution in [0.4, 0.5) is 0 Å². The minimum atomic E-state index is -1.04. The highest BCUT2D eigenvalue weighted by Gasteiger charge is 2.14. The Kier molecular flexibility index (Phi) is 3.01. The van der Waals surface area contributed by atoms with Crippen LogP contribution in [0.25, 0.3) is 0 Å². The van der Waals surface area contributed by atoms with Crippen molar-refractivity contribution in [2.75, 3.05) is 0 Å². The van der Waals surface area contributed by atoms with Gasteiger partial charge in [-0.25, -0.2) is 9.59 Å². The molecule has 2 aliphatic rings. The highest BCUT2D eigenvalue weighted by molar-refractivity contribution is 5.92. The molecule has 0 radical (unpaired) electrons. The Morgan fingerprint density at radius 2 is 1.22 bits per heavy atom. The Morgan fingerprint density at radius 1 is 0.833 bits per heavy atom. The van der Waals surface area contributed by atoms with Gasteiger partial charge in [-0.2, -0.15) is 0 Å². The zero-order valence-electron chi connectivity index (χ0n) is 9.18. The maximum absolute atomic E-state index is 10.8. The Labute approximate surface area is 102 Å². The standard InChI is InChI=1S/C12H10N2O4/c15-11(16)7-1-3-13-9(5-7)10-6-8(12(17)18)2-4-14-10/h1-6,13-14H,(H,15,16)(H,17,18)/b10-9+. The fraction of sp³-hybridized carbons (Fsp3) is 0. The van der Waals surface area contributed by atoms with E-state index in [2.05, 4.69) is 10.6 Å². The first-order valence-electron chi connectivity index (χ1n) is 5.08. The highest BCUT2D eigenvalue weighted by atomic mass is 16.4. The topological polar surface area (TPSA) is 98.7 Å². The first-order valence-corrected chi connectivity index (χ1v) is 5.08. The van der Waals surface area contributed by atoms with Crippen LogP contribution in [-0.2, 0) is 9.59 Å². The van der Waals surface area contributed by atoms with E-state index in [1.54, 1.807) is 0 Å². The quantitative estimate of drug-likeness (QED) is 0.564. The number of carboxylic acid groups (broad SMARTS) is 2. The van der Waals surface area contributed by atoms with E-state index in [1.807, 2.05) is 0 Å². The predicted octanol–water partition coefficient (Wildman–Crippen LogP) is 0.454. The van der Waals surface area contributed by atoms with Crippen LogP contribution in [0.2, 0.25) is 0 Å². The molecule has 0 amide bonds. The van der Waals surface area contributed by atoms with Crippen LogP contribution < -0.4 is 10.6 Å². The van der Waals surface area contributed by atoms with Crippen LogP contribution in [0.1, 0.15) is 0 Å². The third kappa shape index (κ3) is 2.32. The molecule has 0 bridgehead atoms. The number of carbonyl (C=O) groups is 2. The molecule has 6 heteroatoms. The molecule has 2 rings (SSSR count). The molecule has 2 aliphatic heterocycles. The smallest absolute Gasteiger partial charge is 0.335 e. The normalized spacial score (nSPS) is 21.6. The van der Waals surface area contributed by atoms with Crippen molar-refractivity contribution in [2.45, 2.75) is 0 Å². The molecule has 6 nitrogen and oxygen atoms in total. The Hall–Kier alpha value is -2.76. The average molecular weight is 246 g/mol. The van der Waals surface area contributed by atoms with Gasteiger partial charge in [-0.1, -0.05) is 0 Å². The van der Waals surface area contributed by atoms with E-state index in [0.29, 0.717) is 11.4 Å². The summed E-state index contributed by atoms with van der Waals surface area (Å²) in [5.74, 6) is -2.08. The summed E-state index contributed by atoms with van der Waals surface area (Å²) in [4.78, 5) is 21.7. The molecule has 0 fully saturated rings. The Morgan fingerprint density at radius 3 is 1.56 bits per heavy atom. The molecule has 0 saturated carbocycles. The molecule has 0 unspecified atom stereocenters. The van der Waals surface area contributed by atoms with Crippen LogP contribution in [-0.4, -0.2) is 22.2 Å². The number of hydrogen-bond acceptors (Lipinski definition) is 4. The zero-order chi connectivity index (χ0) is 13.1. The van der Waals surface area contributed by atoms with E-state index < -0.39 is 11.9 Å². The fourth-order valence-electron chi connectivity index (χ4n) is 1.51. The minimum absolute atomic E-state index is 0.123. The van der Waals surface area contributed by atoms with Gasteiger partial charge in [-0.05, 0) is 24.3 Å². The van der Waals surface area contributed by atoms with Crippen molar-refractivity contribution in [3.05, 3.63) is 59.2 Å². The number of dihydropyridines is 2. The van der Waals surface area contributed by atoms with Crippen molar-refractivity contribution in [1.82, 2.24) is 10.6 Å². The maximum Gasteiger partial charge on any atom is 0.335 e. The summed E-state index contributed by atoms with van der Waals surface area (Å²) in [7, 11) is 0. The molecular formula is C12H10N2O4. The molecule has 0 aromatic heterocycles. The minimum Gasteiger partial charge on any atom is -0.478 e. The van der Waals surface area contributed by atoms with E-state index in [9.17, 15) is 9.59 Å². The monoisotopic (exact) mass is 246 g/mol. The second-order valence-electron chi connectivity index (χ2n) is 3.59. The van der Waals surface area contributed by atoms with Gasteiger partial charge in [0.15, 0.2) is 0 Å². The summed E-state index contributed by atoms with van der Waals surface area (Å²) in [5.41, 5.74) is 1.24. The number of allylic oxidation sites excluding steroid dienone is 2. The molecule has 92 valence electrons. The second kappa shape index (κ2) is 4.62. The first-order chi connectivity index (χ1) is 8.58. The number of aliphatic carboxylic acids is 2. The van der Waals surface area contributed by atoms with Crippen LogP contribution in [0.3, 0.4) is 0 Å². The Balaban J connectivity index is 2.39. The van der Waals surface area contributed by atoms with E-state index in [4.69, 9.17) is 10.2 Å². The molecule has 0 atom stereocenters. The van der Waals surface area contributed by atoms with Gasteiger partial charge in [0.05, 0.1) is 22.5 Å². The Bertz CT molecular complexity index is 515. The van der Waals surface area contributed by atoms with Crippen molar-refractivity contribution in [2.24, 2.45) is 0 Å². The third-order valence-electron chi connectivity index (χ3n) is 2.39. The summed E-state index contributed by atoms with van der Waals surface area (Å²) >= 11 is 0. The number of rotatable bonds is 2. The number of carboxylic acids is 2. The van der Waals surface area contributed by atoms with Crippen molar-refractivity contribution in [3.8, 4) is 0 Å². The molecule has 0 aromatic carbocycles. The van der Waals surface area contributed by atoms with Gasteiger partial charge >= 0.3 is 11.9 Å². The first kappa shape index (κ1) is 11.7. The molecule has 0 saturated heterocycles. The number of nitrogens with one attached hydrogen (secondary N) is 2. The van der Waals surface area contributed by atoms with Crippen molar-refractivity contribution < 1.29 is 19.8 Å². The van der Waals surface area contributed by atoms with E-state index >= 15 is 0 Å². The van der Waals surface area contributed by atoms with Crippen LogP contribution in [0, 0.1) is 0 Å². The highest BCUT2D eigenvalue weighted by Crippen LogP contribution is 2.15. The largest absolute Gasteiger partial charge is 0.478 e.